The molecule has 4 aromatic rings. The highest BCUT2D eigenvalue weighted by Gasteiger charge is 2.14. The van der Waals surface area contributed by atoms with Gasteiger partial charge in [0.05, 0.1) is 43.0 Å². The van der Waals surface area contributed by atoms with Crippen molar-refractivity contribution >= 4 is 33.9 Å². The van der Waals surface area contributed by atoms with E-state index in [9.17, 15) is 0 Å². The van der Waals surface area contributed by atoms with Crippen molar-refractivity contribution in [3.63, 3.8) is 0 Å². The first kappa shape index (κ1) is 23.1. The summed E-state index contributed by atoms with van der Waals surface area (Å²) in [6, 6.07) is 11.3. The minimum atomic E-state index is 0.404. The van der Waals surface area contributed by atoms with Crippen LogP contribution in [0.4, 0.5) is 23.0 Å². The number of fused-ring (bicyclic) bond motifs is 1. The fraction of sp³-hybridized carbons (Fsp3) is 0.292. The van der Waals surface area contributed by atoms with Crippen LogP contribution >= 0.6 is 0 Å². The van der Waals surface area contributed by atoms with Gasteiger partial charge in [0, 0.05) is 43.9 Å². The minimum absolute atomic E-state index is 0.404. The zero-order chi connectivity index (χ0) is 24.2. The van der Waals surface area contributed by atoms with Gasteiger partial charge in [-0.2, -0.15) is 10.1 Å². The van der Waals surface area contributed by atoms with Crippen molar-refractivity contribution in [2.75, 3.05) is 64.4 Å². The molecular weight excluding hydrogens is 432 g/mol. The summed E-state index contributed by atoms with van der Waals surface area (Å²) in [6.07, 6.45) is 3.46. The summed E-state index contributed by atoms with van der Waals surface area (Å²) in [5.74, 6) is 2.45. The molecule has 0 aliphatic carbocycles. The molecule has 0 saturated heterocycles. The molecule has 0 saturated carbocycles. The lowest BCUT2D eigenvalue weighted by Crippen LogP contribution is -2.29. The zero-order valence-corrected chi connectivity index (χ0v) is 20.1. The maximum Gasteiger partial charge on any atom is 0.229 e. The fourth-order valence-electron chi connectivity index (χ4n) is 3.62. The van der Waals surface area contributed by atoms with Gasteiger partial charge in [-0.1, -0.05) is 0 Å². The molecule has 10 heteroatoms. The molecule has 0 bridgehead atoms. The lowest BCUT2D eigenvalue weighted by molar-refractivity contribution is 0.413. The third-order valence-corrected chi connectivity index (χ3v) is 5.52. The predicted octanol–water partition coefficient (Wildman–Crippen LogP) is 3.16. The van der Waals surface area contributed by atoms with E-state index in [4.69, 9.17) is 15.2 Å². The highest BCUT2D eigenvalue weighted by Crippen LogP contribution is 2.36. The molecule has 0 unspecified atom stereocenters. The van der Waals surface area contributed by atoms with Gasteiger partial charge in [0.25, 0.3) is 0 Å². The Kier molecular flexibility index (Phi) is 6.69. The molecule has 2 aromatic heterocycles. The van der Waals surface area contributed by atoms with Gasteiger partial charge in [-0.15, -0.1) is 0 Å². The van der Waals surface area contributed by atoms with Gasteiger partial charge >= 0.3 is 0 Å². The van der Waals surface area contributed by atoms with Crippen LogP contribution in [0.1, 0.15) is 0 Å². The van der Waals surface area contributed by atoms with Gasteiger partial charge < -0.3 is 30.3 Å². The average molecular weight is 463 g/mol. The van der Waals surface area contributed by atoms with Crippen LogP contribution in [-0.2, 0) is 0 Å². The van der Waals surface area contributed by atoms with Gasteiger partial charge in [0.1, 0.15) is 11.5 Å². The number of likely N-dealkylation sites (N-methyl/N-ethyl adjacent to an activating group) is 2. The monoisotopic (exact) mass is 462 g/mol. The number of nitrogens with two attached hydrogens (primary N) is 1. The van der Waals surface area contributed by atoms with E-state index in [-0.39, 0.29) is 0 Å². The van der Waals surface area contributed by atoms with Gasteiger partial charge in [0.15, 0.2) is 5.82 Å². The number of nitrogen functional groups attached to an aromatic ring is 1. The highest BCUT2D eigenvalue weighted by atomic mass is 16.5. The maximum atomic E-state index is 6.38. The SMILES string of the molecule is COc1ccc2c(cnn2-c2ccnc(Nc3cc(N)c(N(C)CCN(C)C)cc3OC)n2)c1. The Bertz CT molecular complexity index is 1290. The van der Waals surface area contributed by atoms with Crippen LogP contribution in [0, 0.1) is 0 Å². The van der Waals surface area contributed by atoms with E-state index in [0.29, 0.717) is 28.9 Å². The summed E-state index contributed by atoms with van der Waals surface area (Å²) in [5, 5.41) is 8.68. The molecule has 0 aliphatic rings. The van der Waals surface area contributed by atoms with Crippen LogP contribution < -0.4 is 25.4 Å². The molecule has 0 fully saturated rings. The van der Waals surface area contributed by atoms with Gasteiger partial charge in [-0.25, -0.2) is 9.67 Å². The second-order valence-corrected chi connectivity index (χ2v) is 8.18. The third kappa shape index (κ3) is 4.81. The highest BCUT2D eigenvalue weighted by molar-refractivity contribution is 5.82. The Balaban J connectivity index is 1.61. The van der Waals surface area contributed by atoms with Gasteiger partial charge in [0.2, 0.25) is 5.95 Å². The van der Waals surface area contributed by atoms with E-state index >= 15 is 0 Å². The fourth-order valence-corrected chi connectivity index (χ4v) is 3.62. The Morgan fingerprint density at radius 3 is 2.59 bits per heavy atom. The van der Waals surface area contributed by atoms with Crippen molar-refractivity contribution in [2.24, 2.45) is 0 Å². The van der Waals surface area contributed by atoms with E-state index in [0.717, 1.165) is 35.4 Å². The molecule has 0 atom stereocenters. The molecule has 178 valence electrons. The molecule has 10 nitrogen and oxygen atoms in total. The average Bonchev–Trinajstić information content (AvgIpc) is 3.26. The summed E-state index contributed by atoms with van der Waals surface area (Å²) in [5.41, 5.74) is 9.51. The van der Waals surface area contributed by atoms with Crippen LogP contribution in [0.15, 0.2) is 48.8 Å². The number of hydrogen-bond donors (Lipinski definition) is 2. The van der Waals surface area contributed by atoms with Crippen molar-refractivity contribution < 1.29 is 9.47 Å². The molecule has 2 heterocycles. The van der Waals surface area contributed by atoms with Crippen LogP contribution in [0.2, 0.25) is 0 Å². The number of hydrogen-bond acceptors (Lipinski definition) is 9. The van der Waals surface area contributed by atoms with Crippen molar-refractivity contribution in [2.45, 2.75) is 0 Å². The van der Waals surface area contributed by atoms with E-state index in [1.165, 1.54) is 0 Å². The molecule has 4 rings (SSSR count). The van der Waals surface area contributed by atoms with E-state index in [1.807, 2.05) is 51.5 Å². The summed E-state index contributed by atoms with van der Waals surface area (Å²) in [4.78, 5) is 13.3. The molecule has 3 N–H and O–H groups in total. The number of aromatic nitrogens is 4. The number of benzene rings is 2. The van der Waals surface area contributed by atoms with Crippen LogP contribution in [0.5, 0.6) is 11.5 Å². The number of nitrogens with one attached hydrogen (secondary N) is 1. The van der Waals surface area contributed by atoms with Crippen molar-refractivity contribution in [1.29, 1.82) is 0 Å². The normalized spacial score (nSPS) is 11.1. The number of anilines is 4. The third-order valence-electron chi connectivity index (χ3n) is 5.52. The summed E-state index contributed by atoms with van der Waals surface area (Å²) < 4.78 is 12.7. The summed E-state index contributed by atoms with van der Waals surface area (Å²) in [7, 11) is 9.37. The first-order valence-corrected chi connectivity index (χ1v) is 10.8. The lowest BCUT2D eigenvalue weighted by atomic mass is 10.2. The second kappa shape index (κ2) is 9.84. The number of ether oxygens (including phenoxy) is 2. The van der Waals surface area contributed by atoms with Crippen molar-refractivity contribution in [3.8, 4) is 17.3 Å². The molecular formula is C24H30N8O2. The number of nitrogens with zero attached hydrogens (tertiary/aromatic N) is 6. The Hall–Kier alpha value is -4.05. The predicted molar refractivity (Wildman–Crippen MR) is 136 cm³/mol. The first-order valence-electron chi connectivity index (χ1n) is 10.8. The number of rotatable bonds is 9. The molecule has 34 heavy (non-hydrogen) atoms. The topological polar surface area (TPSA) is 107 Å². The molecule has 0 spiro atoms. The zero-order valence-electron chi connectivity index (χ0n) is 20.1. The van der Waals surface area contributed by atoms with E-state index in [2.05, 4.69) is 30.2 Å². The Labute approximate surface area is 198 Å². The number of methoxy groups -OCH3 is 2. The van der Waals surface area contributed by atoms with E-state index in [1.54, 1.807) is 37.4 Å². The Morgan fingerprint density at radius 1 is 1.03 bits per heavy atom. The largest absolute Gasteiger partial charge is 0.497 e. The smallest absolute Gasteiger partial charge is 0.229 e. The second-order valence-electron chi connectivity index (χ2n) is 8.18. The lowest BCUT2D eigenvalue weighted by Gasteiger charge is -2.24. The van der Waals surface area contributed by atoms with Crippen molar-refractivity contribution in [3.05, 3.63) is 48.8 Å². The summed E-state index contributed by atoms with van der Waals surface area (Å²) >= 11 is 0. The molecule has 0 amide bonds. The Morgan fingerprint density at radius 2 is 1.85 bits per heavy atom. The first-order chi connectivity index (χ1) is 16.4. The summed E-state index contributed by atoms with van der Waals surface area (Å²) in [6.45, 7) is 1.75. The minimum Gasteiger partial charge on any atom is -0.497 e. The van der Waals surface area contributed by atoms with Gasteiger partial charge in [-0.05, 0) is 38.4 Å². The van der Waals surface area contributed by atoms with Crippen LogP contribution in [-0.4, -0.2) is 73.1 Å². The van der Waals surface area contributed by atoms with Crippen molar-refractivity contribution in [1.82, 2.24) is 24.6 Å². The van der Waals surface area contributed by atoms with E-state index < -0.39 is 0 Å². The molecule has 0 aliphatic heterocycles. The molecule has 2 aromatic carbocycles. The quantitative estimate of drug-likeness (QED) is 0.363. The molecule has 0 radical (unpaired) electrons. The standard InChI is InChI=1S/C24H30N8O2/c1-30(2)10-11-31(3)21-14-22(34-5)19(13-18(21)25)28-24-26-9-8-23(29-24)32-20-7-6-17(33-4)12-16(20)15-27-32/h6-9,12-15H,10-11,25H2,1-5H3,(H,26,28,29). The van der Waals surface area contributed by atoms with Crippen LogP contribution in [0.3, 0.4) is 0 Å². The van der Waals surface area contributed by atoms with Gasteiger partial charge in [-0.3, -0.25) is 0 Å². The van der Waals surface area contributed by atoms with Crippen LogP contribution in [0.25, 0.3) is 16.7 Å². The maximum absolute atomic E-state index is 6.38.